The first-order valence-corrected chi connectivity index (χ1v) is 10.9. The first-order chi connectivity index (χ1) is 15.1. The summed E-state index contributed by atoms with van der Waals surface area (Å²) in [7, 11) is 0. The predicted molar refractivity (Wildman–Crippen MR) is 124 cm³/mol. The van der Waals surface area contributed by atoms with E-state index in [-0.39, 0.29) is 5.91 Å². The van der Waals surface area contributed by atoms with Crippen molar-refractivity contribution in [3.63, 3.8) is 0 Å². The van der Waals surface area contributed by atoms with Gasteiger partial charge in [-0.15, -0.1) is 0 Å². The molecule has 158 valence electrons. The number of pyridine rings is 1. The minimum atomic E-state index is -0.428. The molecule has 4 rings (SSSR count). The molecule has 0 aliphatic heterocycles. The van der Waals surface area contributed by atoms with Crippen LogP contribution >= 0.6 is 23.2 Å². The Hall–Kier alpha value is -2.89. The Balaban J connectivity index is 1.72. The van der Waals surface area contributed by atoms with Crippen molar-refractivity contribution in [3.8, 4) is 0 Å². The van der Waals surface area contributed by atoms with E-state index in [4.69, 9.17) is 28.2 Å². The number of benzene rings is 2. The number of nitrogens with zero attached hydrogens (tertiary/aromatic N) is 3. The van der Waals surface area contributed by atoms with Crippen LogP contribution in [0.25, 0.3) is 11.0 Å². The van der Waals surface area contributed by atoms with Crippen molar-refractivity contribution in [2.24, 2.45) is 0 Å². The molecule has 5 nitrogen and oxygen atoms in total. The standard InChI is InChI=1S/C24H22Cl2N4O/c1-2-21(24(31)28-15-17-8-10-27-11-9-17)30-22-14-19(26)18(25)13-20(22)29-23(30)12-16-6-4-3-5-7-16/h3-11,13-14,21H,2,12,15H2,1H3,(H,28,31). The van der Waals surface area contributed by atoms with Crippen LogP contribution in [0, 0.1) is 0 Å². The maximum absolute atomic E-state index is 13.2. The zero-order valence-electron chi connectivity index (χ0n) is 17.1. The molecule has 0 bridgehead atoms. The normalized spacial score (nSPS) is 12.1. The van der Waals surface area contributed by atoms with Crippen LogP contribution in [0.15, 0.2) is 67.0 Å². The van der Waals surface area contributed by atoms with Gasteiger partial charge in [-0.1, -0.05) is 60.5 Å². The third-order valence-electron chi connectivity index (χ3n) is 5.23. The summed E-state index contributed by atoms with van der Waals surface area (Å²) in [6.07, 6.45) is 4.63. The van der Waals surface area contributed by atoms with Crippen molar-refractivity contribution in [2.75, 3.05) is 0 Å². The van der Waals surface area contributed by atoms with Crippen molar-refractivity contribution in [1.82, 2.24) is 19.9 Å². The molecule has 0 fully saturated rings. The van der Waals surface area contributed by atoms with E-state index in [1.807, 2.05) is 54.0 Å². The van der Waals surface area contributed by atoms with Crippen LogP contribution in [0.5, 0.6) is 0 Å². The summed E-state index contributed by atoms with van der Waals surface area (Å²) in [6.45, 7) is 2.43. The second kappa shape index (κ2) is 9.50. The molecular formula is C24H22Cl2N4O. The Kier molecular flexibility index (Phi) is 6.54. The summed E-state index contributed by atoms with van der Waals surface area (Å²) in [4.78, 5) is 22.0. The highest BCUT2D eigenvalue weighted by molar-refractivity contribution is 6.42. The third kappa shape index (κ3) is 4.73. The van der Waals surface area contributed by atoms with Crippen molar-refractivity contribution < 1.29 is 4.79 Å². The van der Waals surface area contributed by atoms with Gasteiger partial charge < -0.3 is 9.88 Å². The van der Waals surface area contributed by atoms with Crippen molar-refractivity contribution in [3.05, 3.63) is 94.0 Å². The summed E-state index contributed by atoms with van der Waals surface area (Å²) < 4.78 is 1.99. The summed E-state index contributed by atoms with van der Waals surface area (Å²) in [5.41, 5.74) is 3.63. The lowest BCUT2D eigenvalue weighted by Crippen LogP contribution is -2.32. The van der Waals surface area contributed by atoms with E-state index in [1.165, 1.54) is 0 Å². The molecule has 0 saturated carbocycles. The molecule has 1 unspecified atom stereocenters. The van der Waals surface area contributed by atoms with Gasteiger partial charge in [-0.2, -0.15) is 0 Å². The summed E-state index contributed by atoms with van der Waals surface area (Å²) >= 11 is 12.6. The van der Waals surface area contributed by atoms with E-state index in [0.717, 1.165) is 28.0 Å². The maximum Gasteiger partial charge on any atom is 0.243 e. The lowest BCUT2D eigenvalue weighted by atomic mass is 10.1. The van der Waals surface area contributed by atoms with Gasteiger partial charge in [0.1, 0.15) is 11.9 Å². The number of amides is 1. The molecule has 2 aromatic carbocycles. The Labute approximate surface area is 191 Å². The van der Waals surface area contributed by atoms with E-state index < -0.39 is 6.04 Å². The fourth-order valence-corrected chi connectivity index (χ4v) is 4.00. The van der Waals surface area contributed by atoms with Gasteiger partial charge in [-0.3, -0.25) is 9.78 Å². The lowest BCUT2D eigenvalue weighted by molar-refractivity contribution is -0.124. The molecule has 7 heteroatoms. The highest BCUT2D eigenvalue weighted by atomic mass is 35.5. The second-order valence-corrected chi connectivity index (χ2v) is 8.13. The minimum Gasteiger partial charge on any atom is -0.350 e. The van der Waals surface area contributed by atoms with Crippen LogP contribution < -0.4 is 5.32 Å². The Morgan fingerprint density at radius 2 is 1.74 bits per heavy atom. The average Bonchev–Trinajstić information content (AvgIpc) is 3.11. The summed E-state index contributed by atoms with van der Waals surface area (Å²) in [6, 6.07) is 17.0. The quantitative estimate of drug-likeness (QED) is 0.397. The number of aromatic nitrogens is 3. The number of halogens is 2. The smallest absolute Gasteiger partial charge is 0.243 e. The molecule has 0 spiro atoms. The molecule has 2 aromatic heterocycles. The molecule has 1 N–H and O–H groups in total. The average molecular weight is 453 g/mol. The fraction of sp³-hybridized carbons (Fsp3) is 0.208. The van der Waals surface area contributed by atoms with Crippen LogP contribution in [-0.2, 0) is 17.8 Å². The Morgan fingerprint density at radius 1 is 1.03 bits per heavy atom. The number of nitrogens with one attached hydrogen (secondary N) is 1. The summed E-state index contributed by atoms with van der Waals surface area (Å²) in [5, 5.41) is 3.93. The molecule has 0 saturated heterocycles. The number of hydrogen-bond acceptors (Lipinski definition) is 3. The van der Waals surface area contributed by atoms with E-state index in [0.29, 0.717) is 29.4 Å². The molecule has 1 atom stereocenters. The van der Waals surface area contributed by atoms with Crippen LogP contribution in [0.3, 0.4) is 0 Å². The molecular weight excluding hydrogens is 431 g/mol. The van der Waals surface area contributed by atoms with Gasteiger partial charge in [0.15, 0.2) is 0 Å². The van der Waals surface area contributed by atoms with Gasteiger partial charge in [0, 0.05) is 25.4 Å². The van der Waals surface area contributed by atoms with Crippen molar-refractivity contribution in [1.29, 1.82) is 0 Å². The molecule has 0 radical (unpaired) electrons. The molecule has 0 aliphatic carbocycles. The van der Waals surface area contributed by atoms with Gasteiger partial charge in [-0.05, 0) is 41.8 Å². The van der Waals surface area contributed by atoms with Gasteiger partial charge in [0.2, 0.25) is 5.91 Å². The SMILES string of the molecule is CCC(C(=O)NCc1ccncc1)n1c(Cc2ccccc2)nc2cc(Cl)c(Cl)cc21. The minimum absolute atomic E-state index is 0.0704. The Bertz CT molecular complexity index is 1190. The topological polar surface area (TPSA) is 59.8 Å². The number of fused-ring (bicyclic) bond motifs is 1. The van der Waals surface area contributed by atoms with Crippen LogP contribution in [-0.4, -0.2) is 20.4 Å². The molecule has 1 amide bonds. The molecule has 2 heterocycles. The largest absolute Gasteiger partial charge is 0.350 e. The van der Waals surface area contributed by atoms with Crippen LogP contribution in [0.2, 0.25) is 10.0 Å². The van der Waals surface area contributed by atoms with Gasteiger partial charge >= 0.3 is 0 Å². The first kappa shape index (κ1) is 21.3. The summed E-state index contributed by atoms with van der Waals surface area (Å²) in [5.74, 6) is 0.726. The fourth-order valence-electron chi connectivity index (χ4n) is 3.68. The van der Waals surface area contributed by atoms with Crippen molar-refractivity contribution >= 4 is 40.1 Å². The maximum atomic E-state index is 13.2. The van der Waals surface area contributed by atoms with Gasteiger partial charge in [-0.25, -0.2) is 4.98 Å². The zero-order valence-corrected chi connectivity index (χ0v) is 18.6. The van der Waals surface area contributed by atoms with E-state index in [9.17, 15) is 4.79 Å². The number of rotatable bonds is 7. The monoisotopic (exact) mass is 452 g/mol. The Morgan fingerprint density at radius 3 is 2.45 bits per heavy atom. The predicted octanol–water partition coefficient (Wildman–Crippen LogP) is 5.60. The number of imidazole rings is 1. The van der Waals surface area contributed by atoms with Crippen LogP contribution in [0.1, 0.15) is 36.3 Å². The highest BCUT2D eigenvalue weighted by Gasteiger charge is 2.25. The number of hydrogen-bond donors (Lipinski definition) is 1. The number of carbonyl (C=O) groups is 1. The van der Waals surface area contributed by atoms with E-state index >= 15 is 0 Å². The first-order valence-electron chi connectivity index (χ1n) is 10.1. The molecule has 4 aromatic rings. The molecule has 0 aliphatic rings. The highest BCUT2D eigenvalue weighted by Crippen LogP contribution is 2.32. The van der Waals surface area contributed by atoms with Crippen molar-refractivity contribution in [2.45, 2.75) is 32.4 Å². The van der Waals surface area contributed by atoms with Crippen LogP contribution in [0.4, 0.5) is 0 Å². The zero-order chi connectivity index (χ0) is 21.8. The van der Waals surface area contributed by atoms with E-state index in [2.05, 4.69) is 10.3 Å². The third-order valence-corrected chi connectivity index (χ3v) is 5.95. The van der Waals surface area contributed by atoms with Gasteiger partial charge in [0.25, 0.3) is 0 Å². The lowest BCUT2D eigenvalue weighted by Gasteiger charge is -2.20. The van der Waals surface area contributed by atoms with E-state index in [1.54, 1.807) is 24.5 Å². The molecule has 31 heavy (non-hydrogen) atoms. The number of carbonyl (C=O) groups excluding carboxylic acids is 1. The second-order valence-electron chi connectivity index (χ2n) is 7.31. The van der Waals surface area contributed by atoms with Gasteiger partial charge in [0.05, 0.1) is 21.1 Å².